The molecule has 0 aliphatic carbocycles. The van der Waals surface area contributed by atoms with Crippen LogP contribution in [0.15, 0.2) is 36.4 Å². The lowest BCUT2D eigenvalue weighted by molar-refractivity contribution is 0.302. The van der Waals surface area contributed by atoms with Gasteiger partial charge in [0.15, 0.2) is 0 Å². The Morgan fingerprint density at radius 1 is 1.29 bits per heavy atom. The first-order chi connectivity index (χ1) is 10.1. The van der Waals surface area contributed by atoms with Crippen molar-refractivity contribution in [3.63, 3.8) is 0 Å². The van der Waals surface area contributed by atoms with Crippen LogP contribution in [0.3, 0.4) is 0 Å². The van der Waals surface area contributed by atoms with Crippen molar-refractivity contribution < 1.29 is 9.13 Å². The molecule has 0 atom stereocenters. The molecule has 0 unspecified atom stereocenters. The Bertz CT molecular complexity index is 682. The number of nitrogens with two attached hydrogens (primary N) is 1. The highest BCUT2D eigenvalue weighted by Crippen LogP contribution is 2.29. The average molecular weight is 305 g/mol. The maximum Gasteiger partial charge on any atom is 0.141 e. The van der Waals surface area contributed by atoms with Crippen LogP contribution >= 0.6 is 11.6 Å². The standard InChI is InChI=1S/C16H14ClFN2O/c17-15-3-1-2-13(4-5-19)16(15)21-10-12-6-11(9-20)7-14(18)8-12/h1-3,6-8H,4-5,10,19H2. The number of ether oxygens (including phenoxy) is 1. The largest absolute Gasteiger partial charge is 0.487 e. The van der Waals surface area contributed by atoms with Crippen LogP contribution in [0.25, 0.3) is 0 Å². The van der Waals surface area contributed by atoms with Gasteiger partial charge in [0.2, 0.25) is 0 Å². The lowest BCUT2D eigenvalue weighted by Gasteiger charge is -2.13. The molecular weight excluding hydrogens is 291 g/mol. The number of hydrogen-bond acceptors (Lipinski definition) is 3. The van der Waals surface area contributed by atoms with Gasteiger partial charge in [-0.3, -0.25) is 0 Å². The normalized spacial score (nSPS) is 10.2. The van der Waals surface area contributed by atoms with Gasteiger partial charge in [0, 0.05) is 0 Å². The summed E-state index contributed by atoms with van der Waals surface area (Å²) in [6.45, 7) is 0.614. The van der Waals surface area contributed by atoms with E-state index in [4.69, 9.17) is 27.3 Å². The van der Waals surface area contributed by atoms with E-state index in [1.54, 1.807) is 12.1 Å². The van der Waals surface area contributed by atoms with Crippen molar-refractivity contribution in [3.05, 3.63) is 63.9 Å². The molecule has 0 radical (unpaired) electrons. The first-order valence-electron chi connectivity index (χ1n) is 6.44. The van der Waals surface area contributed by atoms with Crippen molar-refractivity contribution in [2.24, 2.45) is 5.73 Å². The van der Waals surface area contributed by atoms with Crippen LogP contribution in [-0.4, -0.2) is 6.54 Å². The van der Waals surface area contributed by atoms with Gasteiger partial charge in [-0.25, -0.2) is 4.39 Å². The molecule has 0 aliphatic heterocycles. The summed E-state index contributed by atoms with van der Waals surface area (Å²) in [5.74, 6) is 0.0846. The van der Waals surface area contributed by atoms with Gasteiger partial charge >= 0.3 is 0 Å². The van der Waals surface area contributed by atoms with Crippen LogP contribution < -0.4 is 10.5 Å². The van der Waals surface area contributed by atoms with E-state index in [2.05, 4.69) is 0 Å². The monoisotopic (exact) mass is 304 g/mol. The number of para-hydroxylation sites is 1. The van der Waals surface area contributed by atoms with Crippen LogP contribution in [0.4, 0.5) is 4.39 Å². The molecule has 21 heavy (non-hydrogen) atoms. The van der Waals surface area contributed by atoms with E-state index in [0.29, 0.717) is 29.3 Å². The van der Waals surface area contributed by atoms with Crippen molar-refractivity contribution >= 4 is 11.6 Å². The van der Waals surface area contributed by atoms with Gasteiger partial charge in [-0.2, -0.15) is 5.26 Å². The molecule has 0 aromatic heterocycles. The molecule has 0 fully saturated rings. The molecule has 2 N–H and O–H groups in total. The predicted octanol–water partition coefficient (Wildman–Crippen LogP) is 3.43. The highest BCUT2D eigenvalue weighted by molar-refractivity contribution is 6.32. The van der Waals surface area contributed by atoms with Crippen molar-refractivity contribution in [2.75, 3.05) is 6.54 Å². The quantitative estimate of drug-likeness (QED) is 0.920. The summed E-state index contributed by atoms with van der Waals surface area (Å²) in [5, 5.41) is 9.32. The SMILES string of the molecule is N#Cc1cc(F)cc(COc2c(Cl)cccc2CCN)c1. The van der Waals surface area contributed by atoms with E-state index in [9.17, 15) is 4.39 Å². The minimum atomic E-state index is -0.464. The maximum absolute atomic E-state index is 13.4. The third-order valence-corrected chi connectivity index (χ3v) is 3.23. The zero-order chi connectivity index (χ0) is 15.2. The van der Waals surface area contributed by atoms with Crippen molar-refractivity contribution in [1.82, 2.24) is 0 Å². The van der Waals surface area contributed by atoms with E-state index >= 15 is 0 Å². The third kappa shape index (κ3) is 3.94. The molecule has 0 aliphatic rings. The Labute approximate surface area is 127 Å². The number of benzene rings is 2. The molecule has 0 bridgehead atoms. The van der Waals surface area contributed by atoms with Gasteiger partial charge in [-0.15, -0.1) is 0 Å². The van der Waals surface area contributed by atoms with Crippen LogP contribution in [0.5, 0.6) is 5.75 Å². The number of rotatable bonds is 5. The van der Waals surface area contributed by atoms with Gasteiger partial charge in [-0.05, 0) is 48.4 Å². The average Bonchev–Trinajstić information content (AvgIpc) is 2.46. The van der Waals surface area contributed by atoms with Gasteiger partial charge in [0.05, 0.1) is 16.7 Å². The van der Waals surface area contributed by atoms with E-state index < -0.39 is 5.82 Å². The third-order valence-electron chi connectivity index (χ3n) is 2.93. The zero-order valence-corrected chi connectivity index (χ0v) is 12.0. The minimum absolute atomic E-state index is 0.133. The fraction of sp³-hybridized carbons (Fsp3) is 0.188. The summed E-state index contributed by atoms with van der Waals surface area (Å²) in [4.78, 5) is 0. The van der Waals surface area contributed by atoms with Gasteiger partial charge in [0.25, 0.3) is 0 Å². The Morgan fingerprint density at radius 3 is 2.81 bits per heavy atom. The molecular formula is C16H14ClFN2O. The second-order valence-electron chi connectivity index (χ2n) is 4.52. The van der Waals surface area contributed by atoms with Gasteiger partial charge in [0.1, 0.15) is 18.2 Å². The Morgan fingerprint density at radius 2 is 2.10 bits per heavy atom. The lowest BCUT2D eigenvalue weighted by Crippen LogP contribution is -2.06. The fourth-order valence-corrected chi connectivity index (χ4v) is 2.27. The molecule has 0 heterocycles. The Kier molecular flexibility index (Phi) is 5.15. The molecule has 0 saturated heterocycles. The van der Waals surface area contributed by atoms with Crippen LogP contribution in [0.2, 0.25) is 5.02 Å². The topological polar surface area (TPSA) is 59.0 Å². The molecule has 5 heteroatoms. The Hall–Kier alpha value is -2.09. The summed E-state index contributed by atoms with van der Waals surface area (Å²) >= 11 is 6.13. The van der Waals surface area contributed by atoms with Crippen LogP contribution in [0.1, 0.15) is 16.7 Å². The highest BCUT2D eigenvalue weighted by atomic mass is 35.5. The number of nitriles is 1. The van der Waals surface area contributed by atoms with E-state index in [0.717, 1.165) is 5.56 Å². The van der Waals surface area contributed by atoms with Crippen molar-refractivity contribution in [3.8, 4) is 11.8 Å². The van der Waals surface area contributed by atoms with E-state index in [1.165, 1.54) is 12.1 Å². The maximum atomic E-state index is 13.4. The summed E-state index contributed by atoms with van der Waals surface area (Å²) in [6, 6.07) is 11.5. The minimum Gasteiger partial charge on any atom is -0.487 e. The molecule has 2 rings (SSSR count). The number of nitrogens with zero attached hydrogens (tertiary/aromatic N) is 1. The summed E-state index contributed by atoms with van der Waals surface area (Å²) in [5.41, 5.74) is 7.30. The molecule has 3 nitrogen and oxygen atoms in total. The van der Waals surface area contributed by atoms with Crippen LogP contribution in [0, 0.1) is 17.1 Å². The molecule has 2 aromatic carbocycles. The summed E-state index contributed by atoms with van der Waals surface area (Å²) in [7, 11) is 0. The molecule has 108 valence electrons. The lowest BCUT2D eigenvalue weighted by atomic mass is 10.1. The molecule has 0 saturated carbocycles. The smallest absolute Gasteiger partial charge is 0.141 e. The fourth-order valence-electron chi connectivity index (χ4n) is 2.02. The van der Waals surface area contributed by atoms with Gasteiger partial charge < -0.3 is 10.5 Å². The number of hydrogen-bond donors (Lipinski definition) is 1. The van der Waals surface area contributed by atoms with E-state index in [1.807, 2.05) is 18.2 Å². The second kappa shape index (κ2) is 7.07. The highest BCUT2D eigenvalue weighted by Gasteiger charge is 2.09. The first kappa shape index (κ1) is 15.3. The van der Waals surface area contributed by atoms with Gasteiger partial charge in [-0.1, -0.05) is 23.7 Å². The second-order valence-corrected chi connectivity index (χ2v) is 4.92. The predicted molar refractivity (Wildman–Crippen MR) is 79.7 cm³/mol. The van der Waals surface area contributed by atoms with Crippen molar-refractivity contribution in [1.29, 1.82) is 5.26 Å². The molecule has 2 aromatic rings. The van der Waals surface area contributed by atoms with Crippen LogP contribution in [-0.2, 0) is 13.0 Å². The summed E-state index contributed by atoms with van der Waals surface area (Å²) < 4.78 is 19.1. The molecule has 0 amide bonds. The Balaban J connectivity index is 2.20. The molecule has 0 spiro atoms. The summed E-state index contributed by atoms with van der Waals surface area (Å²) in [6.07, 6.45) is 0.641. The van der Waals surface area contributed by atoms with Crippen molar-refractivity contribution in [2.45, 2.75) is 13.0 Å². The number of halogens is 2. The van der Waals surface area contributed by atoms with E-state index in [-0.39, 0.29) is 12.2 Å². The zero-order valence-electron chi connectivity index (χ0n) is 11.3. The first-order valence-corrected chi connectivity index (χ1v) is 6.81.